The Bertz CT molecular complexity index is 573. The number of rotatable bonds is 3. The predicted octanol–water partition coefficient (Wildman–Crippen LogP) is 2.11. The largest absolute Gasteiger partial charge is 0.329 e. The molecule has 1 aromatic rings. The zero-order valence-electron chi connectivity index (χ0n) is 12.5. The van der Waals surface area contributed by atoms with Crippen LogP contribution in [0.1, 0.15) is 36.0 Å². The van der Waals surface area contributed by atoms with Gasteiger partial charge < -0.3 is 5.73 Å². The first-order chi connectivity index (χ1) is 9.37. The summed E-state index contributed by atoms with van der Waals surface area (Å²) in [6.07, 6.45) is 2.83. The van der Waals surface area contributed by atoms with Crippen LogP contribution in [-0.2, 0) is 10.0 Å². The summed E-state index contributed by atoms with van der Waals surface area (Å²) in [5.41, 5.74) is 8.50. The molecule has 0 bridgehead atoms. The molecule has 1 atom stereocenters. The standard InChI is InChI=1S/C15H24N2O2S/c1-11-8-12(2)15(13(3)9-11)20(18,19)17-7-5-4-6-14(17)10-16/h8-9,14H,4-7,10,16H2,1-3H3. The molecule has 0 saturated carbocycles. The van der Waals surface area contributed by atoms with Crippen molar-refractivity contribution in [1.29, 1.82) is 0 Å². The number of piperidine rings is 1. The van der Waals surface area contributed by atoms with Crippen LogP contribution in [-0.4, -0.2) is 31.9 Å². The number of hydrogen-bond acceptors (Lipinski definition) is 3. The molecule has 2 N–H and O–H groups in total. The Labute approximate surface area is 122 Å². The first-order valence-electron chi connectivity index (χ1n) is 7.17. The van der Waals surface area contributed by atoms with Gasteiger partial charge in [0.1, 0.15) is 0 Å². The third-order valence-corrected chi connectivity index (χ3v) is 6.27. The van der Waals surface area contributed by atoms with Crippen LogP contribution in [0.2, 0.25) is 0 Å². The molecule has 1 saturated heterocycles. The SMILES string of the molecule is Cc1cc(C)c(S(=O)(=O)N2CCCCC2CN)c(C)c1. The summed E-state index contributed by atoms with van der Waals surface area (Å²) >= 11 is 0. The zero-order valence-corrected chi connectivity index (χ0v) is 13.3. The van der Waals surface area contributed by atoms with Gasteiger partial charge in [-0.1, -0.05) is 24.1 Å². The number of nitrogens with two attached hydrogens (primary N) is 1. The van der Waals surface area contributed by atoms with Crippen LogP contribution < -0.4 is 5.73 Å². The van der Waals surface area contributed by atoms with Crippen LogP contribution in [0.15, 0.2) is 17.0 Å². The maximum absolute atomic E-state index is 13.0. The van der Waals surface area contributed by atoms with Gasteiger partial charge in [0.05, 0.1) is 4.90 Å². The molecule has 1 aromatic carbocycles. The molecule has 1 unspecified atom stereocenters. The van der Waals surface area contributed by atoms with E-state index in [1.165, 1.54) is 0 Å². The minimum atomic E-state index is -3.45. The molecule has 1 fully saturated rings. The molecule has 0 aromatic heterocycles. The molecule has 1 aliphatic rings. The molecule has 4 nitrogen and oxygen atoms in total. The second-order valence-corrected chi connectivity index (χ2v) is 7.56. The fourth-order valence-electron chi connectivity index (χ4n) is 3.22. The molecule has 112 valence electrons. The van der Waals surface area contributed by atoms with Crippen LogP contribution in [0.25, 0.3) is 0 Å². The van der Waals surface area contributed by atoms with Gasteiger partial charge >= 0.3 is 0 Å². The average molecular weight is 296 g/mol. The summed E-state index contributed by atoms with van der Waals surface area (Å²) in [6, 6.07) is 3.80. The lowest BCUT2D eigenvalue weighted by atomic mass is 10.1. The Balaban J connectivity index is 2.49. The zero-order chi connectivity index (χ0) is 14.9. The molecular weight excluding hydrogens is 272 g/mol. The van der Waals surface area contributed by atoms with E-state index >= 15 is 0 Å². The van der Waals surface area contributed by atoms with E-state index < -0.39 is 10.0 Å². The maximum Gasteiger partial charge on any atom is 0.243 e. The quantitative estimate of drug-likeness (QED) is 0.929. The first-order valence-corrected chi connectivity index (χ1v) is 8.61. The fraction of sp³-hybridized carbons (Fsp3) is 0.600. The Morgan fingerprint density at radius 2 is 1.80 bits per heavy atom. The number of nitrogens with zero attached hydrogens (tertiary/aromatic N) is 1. The van der Waals surface area contributed by atoms with E-state index in [0.29, 0.717) is 18.0 Å². The van der Waals surface area contributed by atoms with Crippen LogP contribution in [0.3, 0.4) is 0 Å². The average Bonchev–Trinajstić information content (AvgIpc) is 2.37. The van der Waals surface area contributed by atoms with Crippen molar-refractivity contribution in [3.8, 4) is 0 Å². The Kier molecular flexibility index (Phi) is 4.52. The molecule has 1 heterocycles. The molecule has 5 heteroatoms. The van der Waals surface area contributed by atoms with Crippen molar-refractivity contribution in [3.05, 3.63) is 28.8 Å². The van der Waals surface area contributed by atoms with Crippen molar-refractivity contribution in [2.24, 2.45) is 5.73 Å². The van der Waals surface area contributed by atoms with Gasteiger partial charge in [-0.3, -0.25) is 0 Å². The second-order valence-electron chi connectivity index (χ2n) is 5.73. The summed E-state index contributed by atoms with van der Waals surface area (Å²) in [7, 11) is -3.45. The highest BCUT2D eigenvalue weighted by Gasteiger charge is 2.34. The summed E-state index contributed by atoms with van der Waals surface area (Å²) in [4.78, 5) is 0.462. The third-order valence-electron chi connectivity index (χ3n) is 4.02. The van der Waals surface area contributed by atoms with Crippen molar-refractivity contribution >= 4 is 10.0 Å². The molecule has 0 spiro atoms. The molecule has 0 radical (unpaired) electrons. The molecule has 2 rings (SSSR count). The Hall–Kier alpha value is -0.910. The van der Waals surface area contributed by atoms with Gasteiger partial charge in [0.25, 0.3) is 0 Å². The van der Waals surface area contributed by atoms with Gasteiger partial charge in [0.2, 0.25) is 10.0 Å². The van der Waals surface area contributed by atoms with E-state index in [1.807, 2.05) is 32.9 Å². The van der Waals surface area contributed by atoms with Crippen LogP contribution >= 0.6 is 0 Å². The Morgan fingerprint density at radius 1 is 1.20 bits per heavy atom. The topological polar surface area (TPSA) is 63.4 Å². The van der Waals surface area contributed by atoms with Gasteiger partial charge in [0, 0.05) is 19.1 Å². The van der Waals surface area contributed by atoms with Crippen molar-refractivity contribution in [3.63, 3.8) is 0 Å². The number of hydrogen-bond donors (Lipinski definition) is 1. The van der Waals surface area contributed by atoms with Crippen LogP contribution in [0.5, 0.6) is 0 Å². The van der Waals surface area contributed by atoms with E-state index in [4.69, 9.17) is 5.73 Å². The van der Waals surface area contributed by atoms with Gasteiger partial charge in [-0.25, -0.2) is 8.42 Å². The van der Waals surface area contributed by atoms with Gasteiger partial charge in [-0.2, -0.15) is 4.31 Å². The van der Waals surface area contributed by atoms with Crippen molar-refractivity contribution in [1.82, 2.24) is 4.31 Å². The highest BCUT2D eigenvalue weighted by atomic mass is 32.2. The van der Waals surface area contributed by atoms with E-state index in [9.17, 15) is 8.42 Å². The third kappa shape index (κ3) is 2.75. The lowest BCUT2D eigenvalue weighted by Gasteiger charge is -2.34. The van der Waals surface area contributed by atoms with Crippen molar-refractivity contribution < 1.29 is 8.42 Å². The number of benzene rings is 1. The minimum absolute atomic E-state index is 0.0612. The first kappa shape index (κ1) is 15.5. The summed E-state index contributed by atoms with van der Waals surface area (Å²) in [5, 5.41) is 0. The predicted molar refractivity (Wildman–Crippen MR) is 81.2 cm³/mol. The number of sulfonamides is 1. The smallest absolute Gasteiger partial charge is 0.243 e. The minimum Gasteiger partial charge on any atom is -0.329 e. The lowest BCUT2D eigenvalue weighted by Crippen LogP contribution is -2.47. The Morgan fingerprint density at radius 3 is 2.35 bits per heavy atom. The monoisotopic (exact) mass is 296 g/mol. The molecule has 0 aliphatic carbocycles. The highest BCUT2D eigenvalue weighted by Crippen LogP contribution is 2.29. The summed E-state index contributed by atoms with van der Waals surface area (Å²) in [6.45, 7) is 6.70. The molecular formula is C15H24N2O2S. The maximum atomic E-state index is 13.0. The van der Waals surface area contributed by atoms with Crippen molar-refractivity contribution in [2.75, 3.05) is 13.1 Å². The van der Waals surface area contributed by atoms with Crippen LogP contribution in [0, 0.1) is 20.8 Å². The summed E-state index contributed by atoms with van der Waals surface area (Å²) < 4.78 is 27.6. The van der Waals surface area contributed by atoms with E-state index in [1.54, 1.807) is 4.31 Å². The molecule has 1 aliphatic heterocycles. The van der Waals surface area contributed by atoms with Gasteiger partial charge in [-0.05, 0) is 44.7 Å². The van der Waals surface area contributed by atoms with E-state index in [-0.39, 0.29) is 6.04 Å². The second kappa shape index (κ2) is 5.84. The normalized spacial score (nSPS) is 21.1. The highest BCUT2D eigenvalue weighted by molar-refractivity contribution is 7.89. The van der Waals surface area contributed by atoms with E-state index in [2.05, 4.69) is 0 Å². The lowest BCUT2D eigenvalue weighted by molar-refractivity contribution is 0.257. The van der Waals surface area contributed by atoms with Crippen LogP contribution in [0.4, 0.5) is 0 Å². The van der Waals surface area contributed by atoms with Crippen molar-refractivity contribution in [2.45, 2.75) is 51.0 Å². The molecule has 0 amide bonds. The number of aryl methyl sites for hydroxylation is 3. The van der Waals surface area contributed by atoms with Gasteiger partial charge in [0.15, 0.2) is 0 Å². The summed E-state index contributed by atoms with van der Waals surface area (Å²) in [5.74, 6) is 0. The van der Waals surface area contributed by atoms with E-state index in [0.717, 1.165) is 36.0 Å². The fourth-order valence-corrected chi connectivity index (χ4v) is 5.34. The van der Waals surface area contributed by atoms with Gasteiger partial charge in [-0.15, -0.1) is 0 Å². The molecule has 20 heavy (non-hydrogen) atoms.